The van der Waals surface area contributed by atoms with E-state index < -0.39 is 6.04 Å². The zero-order valence-electron chi connectivity index (χ0n) is 11.0. The minimum atomic E-state index is -0.741. The molecular formula is C14H19N3O2. The fourth-order valence-electron chi connectivity index (χ4n) is 1.71. The fourth-order valence-corrected chi connectivity index (χ4v) is 1.71. The Morgan fingerprint density at radius 3 is 2.53 bits per heavy atom. The average Bonchev–Trinajstić information content (AvgIpc) is 3.20. The van der Waals surface area contributed by atoms with Crippen molar-refractivity contribution in [3.05, 3.63) is 35.4 Å². The van der Waals surface area contributed by atoms with Gasteiger partial charge in [-0.3, -0.25) is 9.59 Å². The van der Waals surface area contributed by atoms with Gasteiger partial charge in [0, 0.05) is 6.04 Å². The maximum absolute atomic E-state index is 11.8. The molecule has 0 aromatic heterocycles. The number of carbonyl (C=O) groups is 2. The molecule has 102 valence electrons. The lowest BCUT2D eigenvalue weighted by Crippen LogP contribution is -2.41. The molecule has 0 bridgehead atoms. The van der Waals surface area contributed by atoms with E-state index in [-0.39, 0.29) is 18.4 Å². The van der Waals surface area contributed by atoms with Crippen LogP contribution in [-0.2, 0) is 9.59 Å². The predicted molar refractivity (Wildman–Crippen MR) is 72.3 cm³/mol. The molecule has 5 heteroatoms. The smallest absolute Gasteiger partial charge is 0.241 e. The molecule has 1 fully saturated rings. The molecule has 1 saturated carbocycles. The SMILES string of the molecule is Cc1ccc(C(N)C(=O)NCC(=O)NC2CC2)cc1. The van der Waals surface area contributed by atoms with Crippen LogP contribution in [0.1, 0.15) is 30.0 Å². The first-order valence-electron chi connectivity index (χ1n) is 6.45. The van der Waals surface area contributed by atoms with Gasteiger partial charge in [0.2, 0.25) is 11.8 Å². The molecule has 19 heavy (non-hydrogen) atoms. The topological polar surface area (TPSA) is 84.2 Å². The molecule has 0 aliphatic heterocycles. The summed E-state index contributed by atoms with van der Waals surface area (Å²) in [6.45, 7) is 1.95. The van der Waals surface area contributed by atoms with Crippen molar-refractivity contribution in [2.24, 2.45) is 5.73 Å². The molecule has 0 heterocycles. The van der Waals surface area contributed by atoms with Crippen LogP contribution in [0.15, 0.2) is 24.3 Å². The number of aryl methyl sites for hydroxylation is 1. The second kappa shape index (κ2) is 5.84. The summed E-state index contributed by atoms with van der Waals surface area (Å²) in [5.41, 5.74) is 7.70. The van der Waals surface area contributed by atoms with Gasteiger partial charge in [0.05, 0.1) is 6.54 Å². The van der Waals surface area contributed by atoms with Gasteiger partial charge in [-0.2, -0.15) is 0 Å². The third kappa shape index (κ3) is 4.06. The van der Waals surface area contributed by atoms with Gasteiger partial charge >= 0.3 is 0 Å². The highest BCUT2D eigenvalue weighted by Crippen LogP contribution is 2.18. The second-order valence-electron chi connectivity index (χ2n) is 4.95. The number of rotatable bonds is 5. The van der Waals surface area contributed by atoms with E-state index in [1.165, 1.54) is 0 Å². The number of benzene rings is 1. The third-order valence-corrected chi connectivity index (χ3v) is 3.08. The van der Waals surface area contributed by atoms with Gasteiger partial charge in [0.1, 0.15) is 6.04 Å². The van der Waals surface area contributed by atoms with Gasteiger partial charge in [0.15, 0.2) is 0 Å². The molecule has 0 radical (unpaired) electrons. The Morgan fingerprint density at radius 1 is 1.32 bits per heavy atom. The second-order valence-corrected chi connectivity index (χ2v) is 4.95. The number of hydrogen-bond acceptors (Lipinski definition) is 3. The molecular weight excluding hydrogens is 242 g/mol. The van der Waals surface area contributed by atoms with Crippen molar-refractivity contribution in [1.29, 1.82) is 0 Å². The maximum Gasteiger partial charge on any atom is 0.241 e. The summed E-state index contributed by atoms with van der Waals surface area (Å²) in [7, 11) is 0. The van der Waals surface area contributed by atoms with Gasteiger partial charge < -0.3 is 16.4 Å². The highest BCUT2D eigenvalue weighted by Gasteiger charge is 2.23. The molecule has 1 aliphatic carbocycles. The van der Waals surface area contributed by atoms with E-state index in [1.807, 2.05) is 31.2 Å². The van der Waals surface area contributed by atoms with Crippen LogP contribution in [0.5, 0.6) is 0 Å². The van der Waals surface area contributed by atoms with E-state index in [9.17, 15) is 9.59 Å². The van der Waals surface area contributed by atoms with Crippen LogP contribution in [0.25, 0.3) is 0 Å². The number of hydrogen-bond donors (Lipinski definition) is 3. The molecule has 5 nitrogen and oxygen atoms in total. The van der Waals surface area contributed by atoms with Gasteiger partial charge in [-0.25, -0.2) is 0 Å². The van der Waals surface area contributed by atoms with Gasteiger partial charge in [0.25, 0.3) is 0 Å². The normalized spacial score (nSPS) is 15.7. The van der Waals surface area contributed by atoms with Crippen LogP contribution >= 0.6 is 0 Å². The zero-order valence-corrected chi connectivity index (χ0v) is 11.0. The quantitative estimate of drug-likeness (QED) is 0.717. The lowest BCUT2D eigenvalue weighted by molar-refractivity contribution is -0.127. The molecule has 4 N–H and O–H groups in total. The average molecular weight is 261 g/mol. The Kier molecular flexibility index (Phi) is 4.16. The molecule has 0 saturated heterocycles. The van der Waals surface area contributed by atoms with E-state index in [0.29, 0.717) is 6.04 Å². The van der Waals surface area contributed by atoms with Gasteiger partial charge in [-0.15, -0.1) is 0 Å². The Bertz CT molecular complexity index is 466. The molecule has 0 spiro atoms. The molecule has 1 aromatic carbocycles. The Labute approximate surface area is 112 Å². The molecule has 1 unspecified atom stereocenters. The minimum Gasteiger partial charge on any atom is -0.352 e. The largest absolute Gasteiger partial charge is 0.352 e. The molecule has 1 aromatic rings. The molecule has 1 atom stereocenters. The van der Waals surface area contributed by atoms with E-state index in [0.717, 1.165) is 24.0 Å². The fraction of sp³-hybridized carbons (Fsp3) is 0.429. The Balaban J connectivity index is 1.81. The van der Waals surface area contributed by atoms with Crippen molar-refractivity contribution < 1.29 is 9.59 Å². The van der Waals surface area contributed by atoms with Crippen molar-refractivity contribution in [2.45, 2.75) is 31.8 Å². The highest BCUT2D eigenvalue weighted by atomic mass is 16.2. The van der Waals surface area contributed by atoms with Crippen molar-refractivity contribution in [3.63, 3.8) is 0 Å². The predicted octanol–water partition coefficient (Wildman–Crippen LogP) is 0.390. The van der Waals surface area contributed by atoms with Crippen LogP contribution < -0.4 is 16.4 Å². The first kappa shape index (κ1) is 13.5. The van der Waals surface area contributed by atoms with Gasteiger partial charge in [-0.05, 0) is 25.3 Å². The van der Waals surface area contributed by atoms with Crippen molar-refractivity contribution in [2.75, 3.05) is 6.54 Å². The highest BCUT2D eigenvalue weighted by molar-refractivity contribution is 5.88. The summed E-state index contributed by atoms with van der Waals surface area (Å²) in [6.07, 6.45) is 2.06. The van der Waals surface area contributed by atoms with Crippen molar-refractivity contribution in [3.8, 4) is 0 Å². The van der Waals surface area contributed by atoms with Crippen LogP contribution in [0.4, 0.5) is 0 Å². The van der Waals surface area contributed by atoms with E-state index in [1.54, 1.807) is 0 Å². The number of carbonyl (C=O) groups excluding carboxylic acids is 2. The van der Waals surface area contributed by atoms with Crippen LogP contribution in [0, 0.1) is 6.92 Å². The van der Waals surface area contributed by atoms with Gasteiger partial charge in [-0.1, -0.05) is 29.8 Å². The summed E-state index contributed by atoms with van der Waals surface area (Å²) in [4.78, 5) is 23.3. The monoisotopic (exact) mass is 261 g/mol. The van der Waals surface area contributed by atoms with E-state index in [4.69, 9.17) is 5.73 Å². The third-order valence-electron chi connectivity index (χ3n) is 3.08. The summed E-state index contributed by atoms with van der Waals surface area (Å²) in [5.74, 6) is -0.498. The van der Waals surface area contributed by atoms with Crippen LogP contribution in [-0.4, -0.2) is 24.4 Å². The van der Waals surface area contributed by atoms with E-state index in [2.05, 4.69) is 10.6 Å². The zero-order chi connectivity index (χ0) is 13.8. The first-order valence-corrected chi connectivity index (χ1v) is 6.45. The van der Waals surface area contributed by atoms with Crippen molar-refractivity contribution in [1.82, 2.24) is 10.6 Å². The lowest BCUT2D eigenvalue weighted by Gasteiger charge is -2.12. The Morgan fingerprint density at radius 2 is 1.95 bits per heavy atom. The Hall–Kier alpha value is -1.88. The first-order chi connectivity index (χ1) is 9.06. The summed E-state index contributed by atoms with van der Waals surface area (Å²) in [6, 6.07) is 7.02. The summed E-state index contributed by atoms with van der Waals surface area (Å²) in [5, 5.41) is 5.35. The van der Waals surface area contributed by atoms with E-state index >= 15 is 0 Å². The molecule has 2 amide bonds. The van der Waals surface area contributed by atoms with Crippen molar-refractivity contribution >= 4 is 11.8 Å². The van der Waals surface area contributed by atoms with Crippen LogP contribution in [0.3, 0.4) is 0 Å². The number of amides is 2. The molecule has 2 rings (SSSR count). The molecule has 1 aliphatic rings. The number of nitrogens with two attached hydrogens (primary N) is 1. The van der Waals surface area contributed by atoms with Crippen LogP contribution in [0.2, 0.25) is 0 Å². The summed E-state index contributed by atoms with van der Waals surface area (Å²) >= 11 is 0. The standard InChI is InChI=1S/C14H19N3O2/c1-9-2-4-10(5-3-9)13(15)14(19)16-8-12(18)17-11-6-7-11/h2-5,11,13H,6-8,15H2,1H3,(H,16,19)(H,17,18). The maximum atomic E-state index is 11.8. The lowest BCUT2D eigenvalue weighted by atomic mass is 10.1. The number of nitrogens with one attached hydrogen (secondary N) is 2. The minimum absolute atomic E-state index is 0.0190. The summed E-state index contributed by atoms with van der Waals surface area (Å²) < 4.78 is 0.